The lowest BCUT2D eigenvalue weighted by molar-refractivity contribution is -0.128. The first-order chi connectivity index (χ1) is 16.0. The highest BCUT2D eigenvalue weighted by atomic mass is 16.2. The fourth-order valence-electron chi connectivity index (χ4n) is 4.00. The first kappa shape index (κ1) is 24.8. The minimum absolute atomic E-state index is 0.269. The lowest BCUT2D eigenvalue weighted by Crippen LogP contribution is -2.40. The molecule has 6 nitrogen and oxygen atoms in total. The highest BCUT2D eigenvalue weighted by Crippen LogP contribution is 2.15. The van der Waals surface area contributed by atoms with Crippen molar-refractivity contribution in [3.8, 4) is 0 Å². The number of nitrogens with one attached hydrogen (secondary N) is 2. The molecule has 178 valence electrons. The number of hydrogen-bond acceptors (Lipinski definition) is 3. The van der Waals surface area contributed by atoms with Gasteiger partial charge >= 0.3 is 0 Å². The number of nitrogens with zero attached hydrogens (tertiary/aromatic N) is 3. The topological polar surface area (TPSA) is 60.0 Å². The molecule has 2 aromatic carbocycles. The molecule has 2 aromatic rings. The Morgan fingerprint density at radius 2 is 1.79 bits per heavy atom. The van der Waals surface area contributed by atoms with E-state index in [1.54, 1.807) is 0 Å². The van der Waals surface area contributed by atoms with Gasteiger partial charge in [0.1, 0.15) is 0 Å². The van der Waals surface area contributed by atoms with Crippen molar-refractivity contribution in [3.63, 3.8) is 0 Å². The first-order valence-electron chi connectivity index (χ1n) is 12.2. The van der Waals surface area contributed by atoms with E-state index in [-0.39, 0.29) is 5.91 Å². The van der Waals surface area contributed by atoms with Crippen LogP contribution in [0.2, 0.25) is 0 Å². The van der Waals surface area contributed by atoms with Gasteiger partial charge in [-0.15, -0.1) is 0 Å². The largest absolute Gasteiger partial charge is 0.357 e. The number of carbonyl (C=O) groups is 1. The molecule has 0 spiro atoms. The molecule has 0 aromatic heterocycles. The molecule has 2 N–H and O–H groups in total. The molecule has 3 rings (SSSR count). The van der Waals surface area contributed by atoms with Crippen LogP contribution < -0.4 is 10.6 Å². The van der Waals surface area contributed by atoms with E-state index in [9.17, 15) is 4.79 Å². The summed E-state index contributed by atoms with van der Waals surface area (Å²) in [7, 11) is 2.18. The van der Waals surface area contributed by atoms with E-state index < -0.39 is 0 Å². The predicted molar refractivity (Wildman–Crippen MR) is 136 cm³/mol. The third-order valence-corrected chi connectivity index (χ3v) is 6.21. The average molecular weight is 450 g/mol. The molecule has 1 fully saturated rings. The van der Waals surface area contributed by atoms with Crippen LogP contribution in [0.1, 0.15) is 49.8 Å². The van der Waals surface area contributed by atoms with Gasteiger partial charge in [0.05, 0.1) is 6.54 Å². The fraction of sp³-hybridized carbons (Fsp3) is 0.481. The Morgan fingerprint density at radius 3 is 2.45 bits per heavy atom. The van der Waals surface area contributed by atoms with Crippen LogP contribution in [0.15, 0.2) is 59.6 Å². The molecular weight excluding hydrogens is 410 g/mol. The Morgan fingerprint density at radius 1 is 1.06 bits per heavy atom. The summed E-state index contributed by atoms with van der Waals surface area (Å²) in [5, 5.41) is 6.81. The zero-order valence-corrected chi connectivity index (χ0v) is 20.4. The monoisotopic (exact) mass is 449 g/mol. The minimum Gasteiger partial charge on any atom is -0.357 e. The molecule has 6 heteroatoms. The molecule has 1 unspecified atom stereocenters. The van der Waals surface area contributed by atoms with Crippen LogP contribution in [0.25, 0.3) is 0 Å². The maximum absolute atomic E-state index is 11.8. The molecular formula is C27H39N5O. The van der Waals surface area contributed by atoms with Gasteiger partial charge in [0.25, 0.3) is 0 Å². The summed E-state index contributed by atoms with van der Waals surface area (Å²) >= 11 is 0. The lowest BCUT2D eigenvalue weighted by Gasteiger charge is -2.25. The van der Waals surface area contributed by atoms with Crippen molar-refractivity contribution in [1.82, 2.24) is 20.4 Å². The van der Waals surface area contributed by atoms with E-state index >= 15 is 0 Å². The lowest BCUT2D eigenvalue weighted by atomic mass is 10.1. The van der Waals surface area contributed by atoms with Gasteiger partial charge in [-0.05, 0) is 50.4 Å². The summed E-state index contributed by atoms with van der Waals surface area (Å²) in [6, 6.07) is 19.5. The quantitative estimate of drug-likeness (QED) is 0.405. The number of amides is 1. The maximum Gasteiger partial charge on any atom is 0.222 e. The number of aliphatic imine (C=N–C) groups is 1. The van der Waals surface area contributed by atoms with Crippen molar-refractivity contribution in [1.29, 1.82) is 0 Å². The average Bonchev–Trinajstić information content (AvgIpc) is 3.23. The normalized spacial score (nSPS) is 15.2. The van der Waals surface area contributed by atoms with Gasteiger partial charge in [0, 0.05) is 45.2 Å². The maximum atomic E-state index is 11.8. The van der Waals surface area contributed by atoms with Crippen molar-refractivity contribution < 1.29 is 4.79 Å². The van der Waals surface area contributed by atoms with Gasteiger partial charge in [-0.25, -0.2) is 4.99 Å². The molecule has 0 saturated carbocycles. The third-order valence-electron chi connectivity index (χ3n) is 6.21. The van der Waals surface area contributed by atoms with Gasteiger partial charge in [-0.1, -0.05) is 54.6 Å². The van der Waals surface area contributed by atoms with E-state index in [4.69, 9.17) is 4.99 Å². The minimum atomic E-state index is 0.269. The van der Waals surface area contributed by atoms with Crippen LogP contribution in [-0.4, -0.2) is 54.4 Å². The summed E-state index contributed by atoms with van der Waals surface area (Å²) in [4.78, 5) is 20.9. The standard InChI is InChI=1S/C27H39N5O/c1-4-28-27(29-17-16-22(2)31(3)20-24-9-6-5-7-10-24)30-19-23-12-14-25(15-13-23)21-32-18-8-11-26(32)33/h5-7,9-10,12-15,22H,4,8,11,16-21H2,1-3H3,(H2,28,29,30). The molecule has 0 bridgehead atoms. The molecule has 0 radical (unpaired) electrons. The highest BCUT2D eigenvalue weighted by Gasteiger charge is 2.19. The van der Waals surface area contributed by atoms with Gasteiger partial charge in [0.2, 0.25) is 5.91 Å². The van der Waals surface area contributed by atoms with Crippen LogP contribution in [-0.2, 0) is 24.4 Å². The Kier molecular flexibility index (Phi) is 9.76. The molecule has 33 heavy (non-hydrogen) atoms. The van der Waals surface area contributed by atoms with E-state index in [2.05, 4.69) is 91.0 Å². The molecule has 1 heterocycles. The van der Waals surface area contributed by atoms with E-state index in [0.29, 0.717) is 25.6 Å². The SMILES string of the molecule is CCNC(=NCc1ccc(CN2CCCC2=O)cc1)NCCC(C)N(C)Cc1ccccc1. The van der Waals surface area contributed by atoms with E-state index in [1.165, 1.54) is 16.7 Å². The van der Waals surface area contributed by atoms with Gasteiger partial charge in [-0.3, -0.25) is 9.69 Å². The Hall–Kier alpha value is -2.86. The summed E-state index contributed by atoms with van der Waals surface area (Å²) in [5.74, 6) is 1.12. The zero-order valence-electron chi connectivity index (χ0n) is 20.4. The summed E-state index contributed by atoms with van der Waals surface area (Å²) in [6.07, 6.45) is 2.71. The highest BCUT2D eigenvalue weighted by molar-refractivity contribution is 5.79. The zero-order chi connectivity index (χ0) is 23.5. The van der Waals surface area contributed by atoms with Crippen LogP contribution >= 0.6 is 0 Å². The second-order valence-corrected chi connectivity index (χ2v) is 8.90. The van der Waals surface area contributed by atoms with Crippen molar-refractivity contribution >= 4 is 11.9 Å². The Bertz CT molecular complexity index is 881. The molecule has 1 amide bonds. The Balaban J connectivity index is 1.44. The van der Waals surface area contributed by atoms with Crippen molar-refractivity contribution in [2.24, 2.45) is 4.99 Å². The number of benzene rings is 2. The molecule has 1 saturated heterocycles. The predicted octanol–water partition coefficient (Wildman–Crippen LogP) is 3.77. The summed E-state index contributed by atoms with van der Waals surface area (Å²) < 4.78 is 0. The van der Waals surface area contributed by atoms with Gasteiger partial charge in [-0.2, -0.15) is 0 Å². The number of guanidine groups is 1. The number of carbonyl (C=O) groups excluding carboxylic acids is 1. The molecule has 1 atom stereocenters. The van der Waals surface area contributed by atoms with Gasteiger partial charge in [0.15, 0.2) is 5.96 Å². The van der Waals surface area contributed by atoms with Crippen LogP contribution in [0.3, 0.4) is 0 Å². The smallest absolute Gasteiger partial charge is 0.222 e. The molecule has 1 aliphatic heterocycles. The van der Waals surface area contributed by atoms with Crippen molar-refractivity contribution in [2.45, 2.75) is 58.8 Å². The number of rotatable bonds is 11. The molecule has 0 aliphatic carbocycles. The fourth-order valence-corrected chi connectivity index (χ4v) is 4.00. The number of hydrogen-bond donors (Lipinski definition) is 2. The van der Waals surface area contributed by atoms with Crippen LogP contribution in [0, 0.1) is 0 Å². The first-order valence-corrected chi connectivity index (χ1v) is 12.2. The van der Waals surface area contributed by atoms with E-state index in [1.807, 2.05) is 4.90 Å². The van der Waals surface area contributed by atoms with Crippen LogP contribution in [0.4, 0.5) is 0 Å². The second kappa shape index (κ2) is 13.0. The van der Waals surface area contributed by atoms with Crippen LogP contribution in [0.5, 0.6) is 0 Å². The summed E-state index contributed by atoms with van der Waals surface area (Å²) in [6.45, 7) is 9.23. The second-order valence-electron chi connectivity index (χ2n) is 8.90. The van der Waals surface area contributed by atoms with Crippen molar-refractivity contribution in [3.05, 3.63) is 71.3 Å². The Labute approximate surface area is 199 Å². The molecule has 1 aliphatic rings. The summed E-state index contributed by atoms with van der Waals surface area (Å²) in [5.41, 5.74) is 3.68. The van der Waals surface area contributed by atoms with Crippen molar-refractivity contribution in [2.75, 3.05) is 26.7 Å². The number of likely N-dealkylation sites (tertiary alicyclic amines) is 1. The van der Waals surface area contributed by atoms with E-state index in [0.717, 1.165) is 45.0 Å². The van der Waals surface area contributed by atoms with Gasteiger partial charge < -0.3 is 15.5 Å². The third kappa shape index (κ3) is 8.21.